The number of nitrogens with zero attached hydrogens (tertiary/aromatic N) is 3. The van der Waals surface area contributed by atoms with E-state index in [-0.39, 0.29) is 5.69 Å². The Balaban J connectivity index is 2.28. The minimum Gasteiger partial charge on any atom is -0.477 e. The summed E-state index contributed by atoms with van der Waals surface area (Å²) >= 11 is 11.8. The van der Waals surface area contributed by atoms with E-state index in [1.54, 1.807) is 24.3 Å². The molecule has 100 valence electrons. The molecule has 0 bridgehead atoms. The summed E-state index contributed by atoms with van der Waals surface area (Å²) in [4.78, 5) is 15.6. The first-order valence-electron chi connectivity index (χ1n) is 5.60. The molecule has 0 unspecified atom stereocenters. The third-order valence-corrected chi connectivity index (χ3v) is 3.31. The first-order chi connectivity index (χ1) is 9.56. The molecule has 0 amide bonds. The lowest BCUT2D eigenvalue weighted by Gasteiger charge is -2.05. The van der Waals surface area contributed by atoms with Crippen LogP contribution in [0.5, 0.6) is 0 Å². The van der Waals surface area contributed by atoms with Crippen LogP contribution in [-0.2, 0) is 0 Å². The Morgan fingerprint density at radius 1 is 1.20 bits per heavy atom. The topological polar surface area (TPSA) is 67.5 Å². The van der Waals surface area contributed by atoms with Gasteiger partial charge in [0.1, 0.15) is 5.02 Å². The number of carbonyl (C=O) groups is 1. The van der Waals surface area contributed by atoms with Crippen molar-refractivity contribution in [3.63, 3.8) is 0 Å². The standard InChI is InChI=1S/C13H7Cl2N3O2/c14-8-3-1-7(2-4-8)10-5-11(13(19)20)18-12(17-10)9(15)6-16-18/h1-6H,(H,19,20). The first kappa shape index (κ1) is 12.9. The summed E-state index contributed by atoms with van der Waals surface area (Å²) in [7, 11) is 0. The smallest absolute Gasteiger partial charge is 0.354 e. The van der Waals surface area contributed by atoms with Crippen LogP contribution in [0.3, 0.4) is 0 Å². The van der Waals surface area contributed by atoms with Crippen molar-refractivity contribution >= 4 is 34.8 Å². The summed E-state index contributed by atoms with van der Waals surface area (Å²) in [5.41, 5.74) is 1.54. The number of aromatic nitrogens is 3. The lowest BCUT2D eigenvalue weighted by atomic mass is 10.1. The van der Waals surface area contributed by atoms with Gasteiger partial charge in [0.05, 0.1) is 11.9 Å². The van der Waals surface area contributed by atoms with Gasteiger partial charge >= 0.3 is 5.97 Å². The highest BCUT2D eigenvalue weighted by Crippen LogP contribution is 2.24. The molecule has 20 heavy (non-hydrogen) atoms. The Bertz CT molecular complexity index is 812. The summed E-state index contributed by atoms with van der Waals surface area (Å²) in [6.07, 6.45) is 1.36. The Labute approximate surface area is 123 Å². The molecule has 3 aromatic rings. The maximum absolute atomic E-state index is 11.3. The van der Waals surface area contributed by atoms with E-state index >= 15 is 0 Å². The van der Waals surface area contributed by atoms with Gasteiger partial charge in [0.2, 0.25) is 0 Å². The maximum Gasteiger partial charge on any atom is 0.354 e. The van der Waals surface area contributed by atoms with Gasteiger partial charge in [-0.05, 0) is 18.2 Å². The van der Waals surface area contributed by atoms with Crippen molar-refractivity contribution in [3.8, 4) is 11.3 Å². The average Bonchev–Trinajstić information content (AvgIpc) is 2.80. The predicted octanol–water partition coefficient (Wildman–Crippen LogP) is 3.40. The van der Waals surface area contributed by atoms with Crippen molar-refractivity contribution in [1.82, 2.24) is 14.6 Å². The minimum atomic E-state index is -1.10. The van der Waals surface area contributed by atoms with E-state index in [0.717, 1.165) is 5.56 Å². The zero-order valence-electron chi connectivity index (χ0n) is 9.92. The first-order valence-corrected chi connectivity index (χ1v) is 6.35. The monoisotopic (exact) mass is 307 g/mol. The van der Waals surface area contributed by atoms with Gasteiger partial charge in [0, 0.05) is 10.6 Å². The number of carboxylic acid groups (broad SMARTS) is 1. The molecule has 0 atom stereocenters. The molecule has 0 fully saturated rings. The fraction of sp³-hybridized carbons (Fsp3) is 0. The van der Waals surface area contributed by atoms with Crippen LogP contribution in [0.15, 0.2) is 36.5 Å². The van der Waals surface area contributed by atoms with Crippen molar-refractivity contribution in [1.29, 1.82) is 0 Å². The fourth-order valence-electron chi connectivity index (χ4n) is 1.86. The van der Waals surface area contributed by atoms with Gasteiger partial charge in [-0.25, -0.2) is 14.3 Å². The quantitative estimate of drug-likeness (QED) is 0.788. The molecule has 5 nitrogen and oxygen atoms in total. The fourth-order valence-corrected chi connectivity index (χ4v) is 2.15. The molecule has 0 spiro atoms. The molecule has 2 aromatic heterocycles. The largest absolute Gasteiger partial charge is 0.477 e. The third-order valence-electron chi connectivity index (χ3n) is 2.79. The number of hydrogen-bond donors (Lipinski definition) is 1. The van der Waals surface area contributed by atoms with Crippen LogP contribution in [0.1, 0.15) is 10.5 Å². The van der Waals surface area contributed by atoms with Gasteiger partial charge < -0.3 is 5.11 Å². The minimum absolute atomic E-state index is 0.00755. The summed E-state index contributed by atoms with van der Waals surface area (Å²) in [5, 5.41) is 14.1. The van der Waals surface area contributed by atoms with Crippen LogP contribution < -0.4 is 0 Å². The second-order valence-corrected chi connectivity index (χ2v) is 4.91. The van der Waals surface area contributed by atoms with E-state index in [0.29, 0.717) is 21.4 Å². The van der Waals surface area contributed by atoms with Crippen LogP contribution in [0.25, 0.3) is 16.9 Å². The van der Waals surface area contributed by atoms with Crippen molar-refractivity contribution in [2.45, 2.75) is 0 Å². The molecule has 3 rings (SSSR count). The van der Waals surface area contributed by atoms with Crippen LogP contribution >= 0.6 is 23.2 Å². The third kappa shape index (κ3) is 2.11. The number of hydrogen-bond acceptors (Lipinski definition) is 3. The van der Waals surface area contributed by atoms with E-state index in [1.807, 2.05) is 0 Å². The zero-order valence-corrected chi connectivity index (χ0v) is 11.4. The molecule has 7 heteroatoms. The number of benzene rings is 1. The highest BCUT2D eigenvalue weighted by Gasteiger charge is 2.15. The normalized spacial score (nSPS) is 10.9. The highest BCUT2D eigenvalue weighted by atomic mass is 35.5. The predicted molar refractivity (Wildman–Crippen MR) is 75.4 cm³/mol. The Morgan fingerprint density at radius 3 is 2.55 bits per heavy atom. The number of rotatable bonds is 2. The molecule has 1 N–H and O–H groups in total. The van der Waals surface area contributed by atoms with Crippen molar-refractivity contribution in [2.24, 2.45) is 0 Å². The summed E-state index contributed by atoms with van der Waals surface area (Å²) in [6, 6.07) is 8.39. The molecule has 0 aliphatic heterocycles. The van der Waals surface area contributed by atoms with Crippen molar-refractivity contribution < 1.29 is 9.90 Å². The Kier molecular flexibility index (Phi) is 3.08. The van der Waals surface area contributed by atoms with Crippen LogP contribution in [0, 0.1) is 0 Å². The van der Waals surface area contributed by atoms with Crippen LogP contribution in [0.4, 0.5) is 0 Å². The molecule has 1 aromatic carbocycles. The number of carboxylic acids is 1. The second-order valence-electron chi connectivity index (χ2n) is 4.07. The van der Waals surface area contributed by atoms with E-state index in [1.165, 1.54) is 16.8 Å². The molecule has 2 heterocycles. The summed E-state index contributed by atoms with van der Waals surface area (Å²) in [5.74, 6) is -1.10. The van der Waals surface area contributed by atoms with Gasteiger partial charge in [-0.2, -0.15) is 5.10 Å². The van der Waals surface area contributed by atoms with Crippen LogP contribution in [-0.4, -0.2) is 25.7 Å². The zero-order chi connectivity index (χ0) is 14.3. The average molecular weight is 308 g/mol. The van der Waals surface area contributed by atoms with Gasteiger partial charge in [0.25, 0.3) is 0 Å². The van der Waals surface area contributed by atoms with Crippen molar-refractivity contribution in [2.75, 3.05) is 0 Å². The van der Waals surface area contributed by atoms with E-state index in [2.05, 4.69) is 10.1 Å². The molecular weight excluding hydrogens is 301 g/mol. The molecule has 0 saturated heterocycles. The Morgan fingerprint density at radius 2 is 1.90 bits per heavy atom. The van der Waals surface area contributed by atoms with Gasteiger partial charge in [-0.15, -0.1) is 0 Å². The molecule has 0 aliphatic carbocycles. The summed E-state index contributed by atoms with van der Waals surface area (Å²) < 4.78 is 1.20. The molecule has 0 saturated carbocycles. The van der Waals surface area contributed by atoms with Crippen molar-refractivity contribution in [3.05, 3.63) is 52.3 Å². The number of fused-ring (bicyclic) bond motifs is 1. The molecule has 0 aliphatic rings. The van der Waals surface area contributed by atoms with Crippen LogP contribution in [0.2, 0.25) is 10.0 Å². The SMILES string of the molecule is O=C(O)c1cc(-c2ccc(Cl)cc2)nc2c(Cl)cnn12. The lowest BCUT2D eigenvalue weighted by Crippen LogP contribution is -2.08. The number of aromatic carboxylic acids is 1. The molecule has 0 radical (unpaired) electrons. The van der Waals surface area contributed by atoms with E-state index < -0.39 is 5.97 Å². The van der Waals surface area contributed by atoms with Gasteiger partial charge in [-0.1, -0.05) is 35.3 Å². The van der Waals surface area contributed by atoms with E-state index in [4.69, 9.17) is 23.2 Å². The van der Waals surface area contributed by atoms with E-state index in [9.17, 15) is 9.90 Å². The van der Waals surface area contributed by atoms with Gasteiger partial charge in [-0.3, -0.25) is 0 Å². The molecular formula is C13H7Cl2N3O2. The second kappa shape index (κ2) is 4.77. The lowest BCUT2D eigenvalue weighted by molar-refractivity contribution is 0.0687. The highest BCUT2D eigenvalue weighted by molar-refractivity contribution is 6.33. The number of halogens is 2. The Hall–Kier alpha value is -2.11. The summed E-state index contributed by atoms with van der Waals surface area (Å²) in [6.45, 7) is 0. The maximum atomic E-state index is 11.3. The van der Waals surface area contributed by atoms with Gasteiger partial charge in [0.15, 0.2) is 11.3 Å².